The minimum absolute atomic E-state index is 0.0426. The Morgan fingerprint density at radius 3 is 2.33 bits per heavy atom. The molecule has 0 spiro atoms. The lowest BCUT2D eigenvalue weighted by Crippen LogP contribution is -2.50. The Morgan fingerprint density at radius 1 is 1.19 bits per heavy atom. The smallest absolute Gasteiger partial charge is 0.410 e. The second-order valence-corrected chi connectivity index (χ2v) is 8.08. The molecule has 1 aromatic rings. The normalized spacial score (nSPS) is 24.4. The molecule has 0 aromatic heterocycles. The van der Waals surface area contributed by atoms with Gasteiger partial charge in [0.25, 0.3) is 5.69 Å². The lowest BCUT2D eigenvalue weighted by molar-refractivity contribution is -0.385. The molecule has 0 N–H and O–H groups in total. The highest BCUT2D eigenvalue weighted by Crippen LogP contribution is 2.40. The van der Waals surface area contributed by atoms with Crippen molar-refractivity contribution in [2.24, 2.45) is 0 Å². The Labute approximate surface area is 158 Å². The van der Waals surface area contributed by atoms with E-state index in [9.17, 15) is 14.9 Å². The summed E-state index contributed by atoms with van der Waals surface area (Å²) in [6.45, 7) is 5.59. The molecule has 2 aliphatic heterocycles. The van der Waals surface area contributed by atoms with Crippen LogP contribution in [0, 0.1) is 10.1 Å². The third-order valence-corrected chi connectivity index (χ3v) is 4.95. The summed E-state index contributed by atoms with van der Waals surface area (Å²) < 4.78 is 16.9. The molecule has 2 aliphatic rings. The first-order valence-electron chi connectivity index (χ1n) is 9.18. The summed E-state index contributed by atoms with van der Waals surface area (Å²) >= 11 is 0. The van der Waals surface area contributed by atoms with Gasteiger partial charge in [-0.1, -0.05) is 0 Å². The molecule has 3 rings (SSSR count). The molecule has 2 heterocycles. The minimum atomic E-state index is -0.518. The Kier molecular flexibility index (Phi) is 5.17. The van der Waals surface area contributed by atoms with Gasteiger partial charge in [-0.05, 0) is 39.7 Å². The molecule has 2 fully saturated rings. The van der Waals surface area contributed by atoms with E-state index in [4.69, 9.17) is 14.2 Å². The van der Waals surface area contributed by atoms with Gasteiger partial charge in [0.2, 0.25) is 0 Å². The van der Waals surface area contributed by atoms with Crippen LogP contribution in [0.2, 0.25) is 0 Å². The van der Waals surface area contributed by atoms with Gasteiger partial charge in [0.1, 0.15) is 11.7 Å². The van der Waals surface area contributed by atoms with Crippen molar-refractivity contribution in [3.05, 3.63) is 28.3 Å². The van der Waals surface area contributed by atoms with Crippen LogP contribution in [0.4, 0.5) is 10.5 Å². The van der Waals surface area contributed by atoms with Crippen LogP contribution in [0.3, 0.4) is 0 Å². The molecule has 1 amide bonds. The van der Waals surface area contributed by atoms with Gasteiger partial charge in [0.15, 0.2) is 11.5 Å². The number of non-ortho nitro benzene ring substituents is 1. The van der Waals surface area contributed by atoms with Crippen LogP contribution in [0.1, 0.15) is 46.5 Å². The van der Waals surface area contributed by atoms with Gasteiger partial charge in [0.05, 0.1) is 18.1 Å². The van der Waals surface area contributed by atoms with Crippen LogP contribution >= 0.6 is 0 Å². The van der Waals surface area contributed by atoms with Crippen LogP contribution in [-0.2, 0) is 4.74 Å². The second kappa shape index (κ2) is 7.25. The molecule has 2 atom stereocenters. The van der Waals surface area contributed by atoms with Crippen molar-refractivity contribution in [3.8, 4) is 11.5 Å². The molecule has 0 radical (unpaired) electrons. The molecular formula is C19H26N2O6. The quantitative estimate of drug-likeness (QED) is 0.583. The molecule has 1 aromatic carbocycles. The number of piperidine rings is 1. The van der Waals surface area contributed by atoms with E-state index in [1.165, 1.54) is 19.2 Å². The highest BCUT2D eigenvalue weighted by molar-refractivity contribution is 5.69. The van der Waals surface area contributed by atoms with Gasteiger partial charge in [-0.3, -0.25) is 10.1 Å². The molecule has 0 aliphatic carbocycles. The zero-order valence-corrected chi connectivity index (χ0v) is 16.1. The fourth-order valence-corrected chi connectivity index (χ4v) is 3.88. The third kappa shape index (κ3) is 4.26. The summed E-state index contributed by atoms with van der Waals surface area (Å²) in [6, 6.07) is 4.52. The monoisotopic (exact) mass is 378 g/mol. The topological polar surface area (TPSA) is 91.1 Å². The SMILES string of the molecule is COc1cc([N+](=O)[O-])ccc1OC1CC2CCC(C1)N2C(=O)OC(C)(C)C. The average molecular weight is 378 g/mol. The van der Waals surface area contributed by atoms with Gasteiger partial charge in [0, 0.05) is 31.0 Å². The zero-order chi connectivity index (χ0) is 19.8. The second-order valence-electron chi connectivity index (χ2n) is 8.08. The van der Waals surface area contributed by atoms with Crippen molar-refractivity contribution < 1.29 is 23.9 Å². The number of hydrogen-bond acceptors (Lipinski definition) is 6. The first-order valence-corrected chi connectivity index (χ1v) is 9.18. The van der Waals surface area contributed by atoms with E-state index >= 15 is 0 Å². The predicted octanol–water partition coefficient (Wildman–Crippen LogP) is 3.91. The summed E-state index contributed by atoms with van der Waals surface area (Å²) in [6.07, 6.45) is 2.94. The van der Waals surface area contributed by atoms with E-state index in [-0.39, 0.29) is 30.0 Å². The average Bonchev–Trinajstić information content (AvgIpc) is 2.85. The van der Waals surface area contributed by atoms with Crippen LogP contribution in [-0.4, -0.2) is 46.8 Å². The molecule has 2 unspecified atom stereocenters. The molecule has 2 bridgehead atoms. The van der Waals surface area contributed by atoms with E-state index < -0.39 is 10.5 Å². The maximum absolute atomic E-state index is 12.5. The van der Waals surface area contributed by atoms with Gasteiger partial charge in [-0.15, -0.1) is 0 Å². The van der Waals surface area contributed by atoms with Crippen molar-refractivity contribution in [1.82, 2.24) is 4.90 Å². The van der Waals surface area contributed by atoms with Crippen LogP contribution in [0.15, 0.2) is 18.2 Å². The molecule has 8 nitrogen and oxygen atoms in total. The number of carbonyl (C=O) groups excluding carboxylic acids is 1. The number of carbonyl (C=O) groups is 1. The molecule has 2 saturated heterocycles. The molecule has 148 valence electrons. The summed E-state index contributed by atoms with van der Waals surface area (Å²) in [7, 11) is 1.46. The van der Waals surface area contributed by atoms with E-state index in [1.54, 1.807) is 6.07 Å². The predicted molar refractivity (Wildman–Crippen MR) is 98.2 cm³/mol. The Balaban J connectivity index is 1.69. The van der Waals surface area contributed by atoms with Gasteiger partial charge in [-0.2, -0.15) is 0 Å². The number of fused-ring (bicyclic) bond motifs is 2. The Morgan fingerprint density at radius 2 is 1.81 bits per heavy atom. The van der Waals surface area contributed by atoms with Crippen LogP contribution in [0.25, 0.3) is 0 Å². The number of ether oxygens (including phenoxy) is 3. The van der Waals surface area contributed by atoms with Crippen molar-refractivity contribution in [3.63, 3.8) is 0 Å². The first-order chi connectivity index (χ1) is 12.7. The number of amides is 1. The van der Waals surface area contributed by atoms with Crippen molar-refractivity contribution >= 4 is 11.8 Å². The maximum Gasteiger partial charge on any atom is 0.410 e. The fraction of sp³-hybridized carbons (Fsp3) is 0.632. The number of nitro groups is 1. The molecule has 27 heavy (non-hydrogen) atoms. The van der Waals surface area contributed by atoms with Crippen molar-refractivity contribution in [2.75, 3.05) is 7.11 Å². The number of rotatable bonds is 4. The number of hydrogen-bond donors (Lipinski definition) is 0. The summed E-state index contributed by atoms with van der Waals surface area (Å²) in [5.74, 6) is 0.823. The number of nitrogens with zero attached hydrogens (tertiary/aromatic N) is 2. The van der Waals surface area contributed by atoms with E-state index in [0.29, 0.717) is 24.3 Å². The number of methoxy groups -OCH3 is 1. The molecular weight excluding hydrogens is 352 g/mol. The highest BCUT2D eigenvalue weighted by atomic mass is 16.6. The third-order valence-electron chi connectivity index (χ3n) is 4.95. The highest BCUT2D eigenvalue weighted by Gasteiger charge is 2.45. The van der Waals surface area contributed by atoms with Crippen LogP contribution < -0.4 is 9.47 Å². The Hall–Kier alpha value is -2.51. The molecule has 8 heteroatoms. The van der Waals surface area contributed by atoms with Gasteiger partial charge in [-0.25, -0.2) is 4.79 Å². The van der Waals surface area contributed by atoms with Gasteiger partial charge >= 0.3 is 6.09 Å². The summed E-state index contributed by atoms with van der Waals surface area (Å²) in [5, 5.41) is 10.9. The van der Waals surface area contributed by atoms with Crippen molar-refractivity contribution in [2.45, 2.75) is 70.2 Å². The summed E-state index contributed by atoms with van der Waals surface area (Å²) in [4.78, 5) is 24.8. The maximum atomic E-state index is 12.5. The van der Waals surface area contributed by atoms with Gasteiger partial charge < -0.3 is 19.1 Å². The van der Waals surface area contributed by atoms with E-state index in [2.05, 4.69) is 0 Å². The fourth-order valence-electron chi connectivity index (χ4n) is 3.88. The zero-order valence-electron chi connectivity index (χ0n) is 16.1. The van der Waals surface area contributed by atoms with Crippen molar-refractivity contribution in [1.29, 1.82) is 0 Å². The molecule has 0 saturated carbocycles. The van der Waals surface area contributed by atoms with Crippen LogP contribution in [0.5, 0.6) is 11.5 Å². The largest absolute Gasteiger partial charge is 0.493 e. The van der Waals surface area contributed by atoms with E-state index in [0.717, 1.165) is 12.8 Å². The first kappa shape index (κ1) is 19.3. The lowest BCUT2D eigenvalue weighted by Gasteiger charge is -2.39. The van der Waals surface area contributed by atoms with E-state index in [1.807, 2.05) is 25.7 Å². The number of nitro benzene ring substituents is 1. The summed E-state index contributed by atoms with van der Waals surface area (Å²) in [5.41, 5.74) is -0.560. The lowest BCUT2D eigenvalue weighted by atomic mass is 10.00. The Bertz CT molecular complexity index is 715. The number of benzene rings is 1. The standard InChI is InChI=1S/C19H26N2O6/c1-19(2,3)27-18(22)20-12-5-6-13(20)10-15(9-12)26-16-8-7-14(21(23)24)11-17(16)25-4/h7-8,11-13,15H,5-6,9-10H2,1-4H3. The minimum Gasteiger partial charge on any atom is -0.493 e.